The van der Waals surface area contributed by atoms with Gasteiger partial charge in [-0.3, -0.25) is 4.98 Å². The minimum Gasteiger partial charge on any atom is -0.465 e. The molecule has 0 aliphatic rings. The minimum atomic E-state index is -0.389. The lowest BCUT2D eigenvalue weighted by Gasteiger charge is -2.06. The number of esters is 1. The third-order valence-corrected chi connectivity index (χ3v) is 3.89. The summed E-state index contributed by atoms with van der Waals surface area (Å²) in [6.07, 6.45) is 1.51. The standard InChI is InChI=1S/C13H17N5O2S/c1-3-18-11(6-14)16-17-13(18)21-8-10-5-4-9(7-15-10)12(19)20-2/h4-5,7H,3,6,8,14H2,1-2H3. The Balaban J connectivity index is 2.03. The van der Waals surface area contributed by atoms with Crippen molar-refractivity contribution in [1.82, 2.24) is 19.7 Å². The predicted molar refractivity (Wildman–Crippen MR) is 78.7 cm³/mol. The van der Waals surface area contributed by atoms with Crippen LogP contribution in [-0.4, -0.2) is 32.8 Å². The van der Waals surface area contributed by atoms with Crippen molar-refractivity contribution in [3.63, 3.8) is 0 Å². The molecule has 0 radical (unpaired) electrons. The average Bonchev–Trinajstić information content (AvgIpc) is 2.94. The maximum atomic E-state index is 11.3. The lowest BCUT2D eigenvalue weighted by atomic mass is 10.2. The molecule has 112 valence electrons. The third kappa shape index (κ3) is 3.59. The molecule has 2 aromatic rings. The molecule has 0 aliphatic carbocycles. The van der Waals surface area contributed by atoms with E-state index in [9.17, 15) is 4.79 Å². The Kier molecular flexibility index (Phi) is 5.29. The fraction of sp³-hybridized carbons (Fsp3) is 0.385. The van der Waals surface area contributed by atoms with E-state index in [1.54, 1.807) is 12.1 Å². The topological polar surface area (TPSA) is 95.9 Å². The van der Waals surface area contributed by atoms with E-state index in [1.165, 1.54) is 25.1 Å². The summed E-state index contributed by atoms with van der Waals surface area (Å²) in [7, 11) is 1.35. The first-order valence-electron chi connectivity index (χ1n) is 6.47. The molecule has 0 amide bonds. The number of rotatable bonds is 6. The molecule has 0 saturated heterocycles. The van der Waals surface area contributed by atoms with Crippen LogP contribution in [0.5, 0.6) is 0 Å². The molecular weight excluding hydrogens is 290 g/mol. The summed E-state index contributed by atoms with van der Waals surface area (Å²) in [6, 6.07) is 3.50. The third-order valence-electron chi connectivity index (χ3n) is 2.89. The van der Waals surface area contributed by atoms with Crippen LogP contribution in [0, 0.1) is 0 Å². The average molecular weight is 307 g/mol. The highest BCUT2D eigenvalue weighted by Crippen LogP contribution is 2.21. The fourth-order valence-electron chi connectivity index (χ4n) is 1.78. The number of hydrogen-bond acceptors (Lipinski definition) is 7. The SMILES string of the molecule is CCn1c(CN)nnc1SCc1ccc(C(=O)OC)cn1. The number of carbonyl (C=O) groups is 1. The Morgan fingerprint density at radius 2 is 2.24 bits per heavy atom. The highest BCUT2D eigenvalue weighted by Gasteiger charge is 2.11. The zero-order valence-corrected chi connectivity index (χ0v) is 12.8. The van der Waals surface area contributed by atoms with Crippen molar-refractivity contribution < 1.29 is 9.53 Å². The number of hydrogen-bond donors (Lipinski definition) is 1. The highest BCUT2D eigenvalue weighted by atomic mass is 32.2. The summed E-state index contributed by atoms with van der Waals surface area (Å²) in [5.41, 5.74) is 6.91. The number of nitrogens with two attached hydrogens (primary N) is 1. The van der Waals surface area contributed by atoms with Crippen molar-refractivity contribution in [3.8, 4) is 0 Å². The predicted octanol–water partition coefficient (Wildman–Crippen LogP) is 1.23. The molecule has 8 heteroatoms. The Morgan fingerprint density at radius 3 is 2.81 bits per heavy atom. The van der Waals surface area contributed by atoms with Crippen molar-refractivity contribution in [3.05, 3.63) is 35.4 Å². The van der Waals surface area contributed by atoms with E-state index in [-0.39, 0.29) is 5.97 Å². The van der Waals surface area contributed by atoms with Gasteiger partial charge in [0, 0.05) is 18.5 Å². The molecule has 2 aromatic heterocycles. The van der Waals surface area contributed by atoms with Crippen molar-refractivity contribution in [1.29, 1.82) is 0 Å². The smallest absolute Gasteiger partial charge is 0.339 e. The number of ether oxygens (including phenoxy) is 1. The van der Waals surface area contributed by atoms with Gasteiger partial charge in [0.05, 0.1) is 24.9 Å². The molecule has 0 spiro atoms. The second kappa shape index (κ2) is 7.19. The van der Waals surface area contributed by atoms with Crippen LogP contribution >= 0.6 is 11.8 Å². The van der Waals surface area contributed by atoms with Gasteiger partial charge in [-0.25, -0.2) is 4.79 Å². The van der Waals surface area contributed by atoms with Crippen LogP contribution in [0.25, 0.3) is 0 Å². The molecule has 0 aromatic carbocycles. The van der Waals surface area contributed by atoms with Gasteiger partial charge in [-0.1, -0.05) is 11.8 Å². The van der Waals surface area contributed by atoms with Crippen molar-refractivity contribution >= 4 is 17.7 Å². The zero-order chi connectivity index (χ0) is 15.2. The summed E-state index contributed by atoms with van der Waals surface area (Å²) in [6.45, 7) is 3.17. The molecule has 0 aliphatic heterocycles. The van der Waals surface area contributed by atoms with E-state index in [0.29, 0.717) is 17.9 Å². The normalized spacial score (nSPS) is 10.6. The Hall–Kier alpha value is -1.93. The van der Waals surface area contributed by atoms with Gasteiger partial charge in [-0.15, -0.1) is 10.2 Å². The van der Waals surface area contributed by atoms with Gasteiger partial charge in [-0.05, 0) is 19.1 Å². The van der Waals surface area contributed by atoms with Crippen LogP contribution < -0.4 is 5.73 Å². The monoisotopic (exact) mass is 307 g/mol. The molecule has 0 atom stereocenters. The zero-order valence-electron chi connectivity index (χ0n) is 11.9. The van der Waals surface area contributed by atoms with Gasteiger partial charge in [0.2, 0.25) is 0 Å². The lowest BCUT2D eigenvalue weighted by molar-refractivity contribution is 0.0600. The lowest BCUT2D eigenvalue weighted by Crippen LogP contribution is -2.08. The Bertz CT molecular complexity index is 612. The van der Waals surface area contributed by atoms with Gasteiger partial charge in [-0.2, -0.15) is 0 Å². The summed E-state index contributed by atoms with van der Waals surface area (Å²) >= 11 is 1.54. The number of nitrogens with zero attached hydrogens (tertiary/aromatic N) is 4. The van der Waals surface area contributed by atoms with E-state index in [2.05, 4.69) is 19.9 Å². The van der Waals surface area contributed by atoms with E-state index in [0.717, 1.165) is 23.2 Å². The molecule has 0 fully saturated rings. The maximum absolute atomic E-state index is 11.3. The fourth-order valence-corrected chi connectivity index (χ4v) is 2.72. The quantitative estimate of drug-likeness (QED) is 0.633. The number of thioether (sulfide) groups is 1. The molecule has 21 heavy (non-hydrogen) atoms. The molecular formula is C13H17N5O2S. The number of aromatic nitrogens is 4. The molecule has 2 rings (SSSR count). The number of pyridine rings is 1. The van der Waals surface area contributed by atoms with Crippen molar-refractivity contribution in [2.75, 3.05) is 7.11 Å². The van der Waals surface area contributed by atoms with Crippen LogP contribution in [0.1, 0.15) is 28.8 Å². The minimum absolute atomic E-state index is 0.369. The van der Waals surface area contributed by atoms with Crippen LogP contribution in [0.15, 0.2) is 23.5 Å². The van der Waals surface area contributed by atoms with Gasteiger partial charge in [0.1, 0.15) is 5.82 Å². The van der Waals surface area contributed by atoms with Crippen molar-refractivity contribution in [2.24, 2.45) is 5.73 Å². The summed E-state index contributed by atoms with van der Waals surface area (Å²) < 4.78 is 6.61. The molecule has 0 bridgehead atoms. The molecule has 2 N–H and O–H groups in total. The Morgan fingerprint density at radius 1 is 1.43 bits per heavy atom. The second-order valence-electron chi connectivity index (χ2n) is 4.17. The van der Waals surface area contributed by atoms with Crippen LogP contribution in [-0.2, 0) is 23.6 Å². The number of carbonyl (C=O) groups excluding carboxylic acids is 1. The summed E-state index contributed by atoms with van der Waals surface area (Å²) in [5, 5.41) is 8.99. The van der Waals surface area contributed by atoms with E-state index in [1.807, 2.05) is 11.5 Å². The van der Waals surface area contributed by atoms with E-state index in [4.69, 9.17) is 5.73 Å². The molecule has 0 unspecified atom stereocenters. The first-order valence-corrected chi connectivity index (χ1v) is 7.46. The van der Waals surface area contributed by atoms with Crippen LogP contribution in [0.3, 0.4) is 0 Å². The second-order valence-corrected chi connectivity index (χ2v) is 5.11. The first-order chi connectivity index (χ1) is 10.2. The number of methoxy groups -OCH3 is 1. The van der Waals surface area contributed by atoms with E-state index < -0.39 is 0 Å². The largest absolute Gasteiger partial charge is 0.465 e. The Labute approximate surface area is 126 Å². The van der Waals surface area contributed by atoms with Gasteiger partial charge in [0.15, 0.2) is 5.16 Å². The molecule has 7 nitrogen and oxygen atoms in total. The summed E-state index contributed by atoms with van der Waals surface area (Å²) in [4.78, 5) is 15.6. The molecule has 2 heterocycles. The van der Waals surface area contributed by atoms with Crippen molar-refractivity contribution in [2.45, 2.75) is 30.9 Å². The van der Waals surface area contributed by atoms with Crippen LogP contribution in [0.2, 0.25) is 0 Å². The maximum Gasteiger partial charge on any atom is 0.339 e. The molecule has 0 saturated carbocycles. The van der Waals surface area contributed by atoms with Crippen LogP contribution in [0.4, 0.5) is 0 Å². The van der Waals surface area contributed by atoms with E-state index >= 15 is 0 Å². The van der Waals surface area contributed by atoms with Gasteiger partial charge in [0.25, 0.3) is 0 Å². The summed E-state index contributed by atoms with van der Waals surface area (Å²) in [5.74, 6) is 1.03. The first kappa shape index (κ1) is 15.5. The van der Waals surface area contributed by atoms with Gasteiger partial charge < -0.3 is 15.0 Å². The van der Waals surface area contributed by atoms with Gasteiger partial charge >= 0.3 is 5.97 Å². The highest BCUT2D eigenvalue weighted by molar-refractivity contribution is 7.98.